The van der Waals surface area contributed by atoms with E-state index in [1.54, 1.807) is 24.3 Å². The summed E-state index contributed by atoms with van der Waals surface area (Å²) in [6.07, 6.45) is 0.494. The van der Waals surface area contributed by atoms with Crippen LogP contribution >= 0.6 is 0 Å². The summed E-state index contributed by atoms with van der Waals surface area (Å²) in [5.41, 5.74) is 1.19. The number of phenols is 1. The van der Waals surface area contributed by atoms with E-state index in [2.05, 4.69) is 5.92 Å². The molecule has 0 amide bonds. The first-order chi connectivity index (χ1) is 19.1. The summed E-state index contributed by atoms with van der Waals surface area (Å²) in [4.78, 5) is 14.0. The third-order valence-corrected chi connectivity index (χ3v) is 6.59. The number of fused-ring (bicyclic) bond motifs is 1. The molecule has 4 N–H and O–H groups in total. The van der Waals surface area contributed by atoms with Gasteiger partial charge >= 0.3 is 0 Å². The number of allylic oxidation sites excluding steroid dienone is 2. The van der Waals surface area contributed by atoms with Crippen LogP contribution in [0, 0.1) is 12.3 Å². The number of aliphatic hydroxyl groups is 3. The zero-order valence-corrected chi connectivity index (χ0v) is 22.6. The summed E-state index contributed by atoms with van der Waals surface area (Å²) in [5.74, 6) is 2.34. The fourth-order valence-electron chi connectivity index (χ4n) is 4.37. The van der Waals surface area contributed by atoms with Crippen LogP contribution in [0.5, 0.6) is 23.0 Å². The highest BCUT2D eigenvalue weighted by Crippen LogP contribution is 2.40. The minimum atomic E-state index is -1.69. The van der Waals surface area contributed by atoms with Crippen molar-refractivity contribution in [3.8, 4) is 46.7 Å². The van der Waals surface area contributed by atoms with Crippen molar-refractivity contribution >= 4 is 11.0 Å². The van der Waals surface area contributed by atoms with Crippen molar-refractivity contribution in [3.05, 3.63) is 57.8 Å². The number of benzene rings is 2. The first-order valence-corrected chi connectivity index (χ1v) is 12.6. The van der Waals surface area contributed by atoms with Crippen molar-refractivity contribution in [1.29, 1.82) is 0 Å². The molecule has 0 radical (unpaired) electrons. The number of phenolic OH excluding ortho intramolecular Hbond substituents is 1. The fourth-order valence-corrected chi connectivity index (χ4v) is 4.37. The number of ether oxygens (including phenoxy) is 4. The maximum absolute atomic E-state index is 14.0. The average Bonchev–Trinajstić information content (AvgIpc) is 2.93. The number of aliphatic hydroxyl groups excluding tert-OH is 3. The Balaban J connectivity index is 1.99. The summed E-state index contributed by atoms with van der Waals surface area (Å²) in [6.45, 7) is 5.24. The fraction of sp³-hybridized carbons (Fsp3) is 0.367. The van der Waals surface area contributed by atoms with Gasteiger partial charge in [0.1, 0.15) is 53.1 Å². The lowest BCUT2D eigenvalue weighted by atomic mass is 10.00. The molecule has 1 aliphatic rings. The third-order valence-electron chi connectivity index (χ3n) is 6.59. The van der Waals surface area contributed by atoms with Crippen molar-refractivity contribution in [2.45, 2.75) is 57.9 Å². The van der Waals surface area contributed by atoms with E-state index < -0.39 is 41.9 Å². The third kappa shape index (κ3) is 5.64. The number of rotatable bonds is 8. The van der Waals surface area contributed by atoms with Gasteiger partial charge in [0.25, 0.3) is 0 Å². The van der Waals surface area contributed by atoms with E-state index in [0.717, 1.165) is 5.57 Å². The van der Waals surface area contributed by atoms with E-state index in [1.807, 2.05) is 19.9 Å². The molecule has 0 unspecified atom stereocenters. The monoisotopic (exact) mass is 552 g/mol. The molecule has 10 heteroatoms. The van der Waals surface area contributed by atoms with Crippen LogP contribution in [0.2, 0.25) is 0 Å². The van der Waals surface area contributed by atoms with Gasteiger partial charge in [-0.05, 0) is 51.5 Å². The van der Waals surface area contributed by atoms with E-state index in [0.29, 0.717) is 23.3 Å². The Labute approximate surface area is 231 Å². The summed E-state index contributed by atoms with van der Waals surface area (Å²) in [7, 11) is 1.51. The minimum absolute atomic E-state index is 0.0313. The molecule has 3 aromatic rings. The molecule has 0 bridgehead atoms. The quantitative estimate of drug-likeness (QED) is 0.243. The normalized spacial score (nSPS) is 22.4. The molecular weight excluding hydrogens is 520 g/mol. The first kappa shape index (κ1) is 29.0. The summed E-state index contributed by atoms with van der Waals surface area (Å²) >= 11 is 0. The molecule has 0 saturated carbocycles. The van der Waals surface area contributed by atoms with Crippen molar-refractivity contribution in [3.63, 3.8) is 0 Å². The second kappa shape index (κ2) is 12.0. The topological polar surface area (TPSA) is 148 Å². The van der Waals surface area contributed by atoms with Crippen LogP contribution in [0.1, 0.15) is 26.3 Å². The molecule has 5 atom stereocenters. The zero-order valence-electron chi connectivity index (χ0n) is 22.6. The Morgan fingerprint density at radius 1 is 1.12 bits per heavy atom. The van der Waals surface area contributed by atoms with Crippen LogP contribution in [0.25, 0.3) is 22.3 Å². The van der Waals surface area contributed by atoms with Gasteiger partial charge in [-0.25, -0.2) is 0 Å². The van der Waals surface area contributed by atoms with Crippen LogP contribution in [-0.4, -0.2) is 64.8 Å². The lowest BCUT2D eigenvalue weighted by Gasteiger charge is -2.38. The number of aromatic hydroxyl groups is 1. The maximum Gasteiger partial charge on any atom is 0.239 e. The van der Waals surface area contributed by atoms with Crippen molar-refractivity contribution in [2.24, 2.45) is 0 Å². The van der Waals surface area contributed by atoms with E-state index in [9.17, 15) is 25.2 Å². The standard InChI is InChI=1S/C30H32O10/c1-6-13-37-21-14-20(31)22-24(33)29(40-30-26(35)25(34)23(32)16(4)38-30)27(17-8-10-18(36-5)11-9-17)39-28(22)19(21)12-7-15(2)3/h1,7-11,14,16,23,25-26,30-32,34-35H,12-13H2,2-5H3/t16-,23-,25+,26+,30-/m0/s1. The van der Waals surface area contributed by atoms with Crippen molar-refractivity contribution in [1.82, 2.24) is 0 Å². The van der Waals surface area contributed by atoms with E-state index in [-0.39, 0.29) is 34.8 Å². The van der Waals surface area contributed by atoms with Gasteiger partial charge in [0.2, 0.25) is 17.5 Å². The van der Waals surface area contributed by atoms with Gasteiger partial charge in [-0.1, -0.05) is 17.6 Å². The molecule has 0 aliphatic carbocycles. The Kier molecular flexibility index (Phi) is 8.71. The second-order valence-corrected chi connectivity index (χ2v) is 9.67. The molecule has 0 spiro atoms. The van der Waals surface area contributed by atoms with Crippen molar-refractivity contribution in [2.75, 3.05) is 13.7 Å². The SMILES string of the molecule is C#CCOc1cc(O)c2c(=O)c(O[C@@H]3O[C@@H](C)[C@H](O)[C@@H](O)[C@H]3O)c(-c3ccc(OC)cc3)oc2c1CC=C(C)C. The van der Waals surface area contributed by atoms with Crippen molar-refractivity contribution < 1.29 is 43.8 Å². The Morgan fingerprint density at radius 3 is 2.45 bits per heavy atom. The van der Waals surface area contributed by atoms with Gasteiger partial charge in [0, 0.05) is 17.2 Å². The van der Waals surface area contributed by atoms with Gasteiger partial charge in [-0.3, -0.25) is 4.79 Å². The predicted molar refractivity (Wildman–Crippen MR) is 147 cm³/mol. The Morgan fingerprint density at radius 2 is 1.82 bits per heavy atom. The highest BCUT2D eigenvalue weighted by Gasteiger charge is 2.44. The molecule has 40 heavy (non-hydrogen) atoms. The maximum atomic E-state index is 14.0. The molecular formula is C30H32O10. The predicted octanol–water partition coefficient (Wildman–Crippen LogP) is 2.90. The Bertz CT molecular complexity index is 1490. The highest BCUT2D eigenvalue weighted by atomic mass is 16.7. The summed E-state index contributed by atoms with van der Waals surface area (Å²) in [5, 5.41) is 41.7. The average molecular weight is 553 g/mol. The number of hydrogen-bond acceptors (Lipinski definition) is 10. The van der Waals surface area contributed by atoms with Crippen LogP contribution in [0.15, 0.2) is 51.2 Å². The summed E-state index contributed by atoms with van der Waals surface area (Å²) < 4.78 is 28.7. The van der Waals surface area contributed by atoms with Crippen LogP contribution < -0.4 is 19.6 Å². The molecule has 1 saturated heterocycles. The first-order valence-electron chi connectivity index (χ1n) is 12.6. The van der Waals surface area contributed by atoms with E-state index in [4.69, 9.17) is 29.8 Å². The van der Waals surface area contributed by atoms with Gasteiger partial charge < -0.3 is 43.8 Å². The highest BCUT2D eigenvalue weighted by molar-refractivity contribution is 5.91. The van der Waals surface area contributed by atoms with Crippen LogP contribution in [-0.2, 0) is 11.2 Å². The Hall–Kier alpha value is -4.01. The van der Waals surface area contributed by atoms with E-state index >= 15 is 0 Å². The van der Waals surface area contributed by atoms with Gasteiger partial charge in [-0.2, -0.15) is 0 Å². The molecule has 1 fully saturated rings. The number of hydrogen-bond donors (Lipinski definition) is 4. The number of terminal acetylenes is 1. The molecule has 2 aromatic carbocycles. The summed E-state index contributed by atoms with van der Waals surface area (Å²) in [6, 6.07) is 7.89. The lowest BCUT2D eigenvalue weighted by Crippen LogP contribution is -2.58. The molecule has 10 nitrogen and oxygen atoms in total. The number of methoxy groups -OCH3 is 1. The lowest BCUT2D eigenvalue weighted by molar-refractivity contribution is -0.268. The van der Waals surface area contributed by atoms with Gasteiger partial charge in [-0.15, -0.1) is 6.42 Å². The zero-order chi connectivity index (χ0) is 29.1. The smallest absolute Gasteiger partial charge is 0.239 e. The minimum Gasteiger partial charge on any atom is -0.507 e. The largest absolute Gasteiger partial charge is 0.507 e. The molecule has 1 aromatic heterocycles. The van der Waals surface area contributed by atoms with Crippen LogP contribution in [0.4, 0.5) is 0 Å². The molecule has 212 valence electrons. The molecule has 2 heterocycles. The molecule has 4 rings (SSSR count). The van der Waals surface area contributed by atoms with E-state index in [1.165, 1.54) is 20.1 Å². The van der Waals surface area contributed by atoms with Gasteiger partial charge in [0.05, 0.1) is 13.2 Å². The van der Waals surface area contributed by atoms with Crippen LogP contribution in [0.3, 0.4) is 0 Å². The second-order valence-electron chi connectivity index (χ2n) is 9.67. The molecule has 1 aliphatic heterocycles. The van der Waals surface area contributed by atoms with Gasteiger partial charge in [0.15, 0.2) is 5.76 Å².